The summed E-state index contributed by atoms with van der Waals surface area (Å²) in [6.45, 7) is 4.56. The first-order valence-corrected chi connectivity index (χ1v) is 7.56. The van der Waals surface area contributed by atoms with Gasteiger partial charge in [0.25, 0.3) is 0 Å². The normalized spacial score (nSPS) is 23.8. The van der Waals surface area contributed by atoms with Crippen molar-refractivity contribution in [3.63, 3.8) is 0 Å². The number of nitrogens with zero attached hydrogens (tertiary/aromatic N) is 3. The molecule has 2 aliphatic heterocycles. The maximum absolute atomic E-state index is 9.28. The lowest BCUT2D eigenvalue weighted by Crippen LogP contribution is -2.40. The molecule has 0 bridgehead atoms. The molecule has 0 amide bonds. The van der Waals surface area contributed by atoms with Gasteiger partial charge in [0.1, 0.15) is 6.07 Å². The summed E-state index contributed by atoms with van der Waals surface area (Å²) < 4.78 is 0. The molecule has 0 spiro atoms. The highest BCUT2D eigenvalue weighted by Gasteiger charge is 2.29. The quantitative estimate of drug-likeness (QED) is 0.837. The summed E-state index contributed by atoms with van der Waals surface area (Å²) in [5.74, 6) is 0. The van der Waals surface area contributed by atoms with E-state index in [1.807, 2.05) is 12.1 Å². The summed E-state index contributed by atoms with van der Waals surface area (Å²) in [6.07, 6.45) is 5.25. The molecule has 4 heteroatoms. The Bertz CT molecular complexity index is 514. The topological polar surface area (TPSA) is 56.3 Å². The van der Waals surface area contributed by atoms with Crippen LogP contribution in [0, 0.1) is 11.3 Å². The summed E-state index contributed by atoms with van der Waals surface area (Å²) in [5, 5.41) is 9.28. The number of hydrogen-bond donors (Lipinski definition) is 1. The molecule has 4 nitrogen and oxygen atoms in total. The summed E-state index contributed by atoms with van der Waals surface area (Å²) in [4.78, 5) is 4.98. The van der Waals surface area contributed by atoms with E-state index in [9.17, 15) is 5.26 Å². The van der Waals surface area contributed by atoms with Crippen LogP contribution in [0.4, 0.5) is 11.4 Å². The number of rotatable bonds is 2. The highest BCUT2D eigenvalue weighted by atomic mass is 15.3. The molecule has 1 unspecified atom stereocenters. The van der Waals surface area contributed by atoms with Crippen molar-refractivity contribution in [2.45, 2.75) is 31.7 Å². The number of likely N-dealkylation sites (tertiary alicyclic amines) is 1. The Morgan fingerprint density at radius 3 is 2.70 bits per heavy atom. The van der Waals surface area contributed by atoms with Crippen LogP contribution in [0.3, 0.4) is 0 Å². The third-order valence-corrected chi connectivity index (χ3v) is 4.55. The third kappa shape index (κ3) is 2.59. The molecule has 1 aromatic carbocycles. The van der Waals surface area contributed by atoms with Crippen molar-refractivity contribution in [2.24, 2.45) is 0 Å². The van der Waals surface area contributed by atoms with E-state index in [2.05, 4.69) is 15.9 Å². The lowest BCUT2D eigenvalue weighted by Gasteiger charge is -2.32. The maximum atomic E-state index is 9.28. The van der Waals surface area contributed by atoms with E-state index in [1.165, 1.54) is 38.8 Å². The second kappa shape index (κ2) is 5.72. The van der Waals surface area contributed by atoms with Gasteiger partial charge in [-0.05, 0) is 50.6 Å². The van der Waals surface area contributed by atoms with Gasteiger partial charge in [-0.25, -0.2) is 0 Å². The number of nitrogens with two attached hydrogens (primary N) is 1. The Morgan fingerprint density at radius 2 is 1.95 bits per heavy atom. The van der Waals surface area contributed by atoms with Crippen LogP contribution in [-0.4, -0.2) is 37.1 Å². The molecule has 2 saturated heterocycles. The first kappa shape index (κ1) is 13.3. The molecule has 2 aliphatic rings. The van der Waals surface area contributed by atoms with Crippen molar-refractivity contribution < 1.29 is 0 Å². The zero-order chi connectivity index (χ0) is 13.9. The molecule has 0 saturated carbocycles. The molecular formula is C16H22N4. The molecular weight excluding hydrogens is 248 g/mol. The van der Waals surface area contributed by atoms with Gasteiger partial charge in [-0.15, -0.1) is 0 Å². The number of anilines is 2. The molecule has 1 atom stereocenters. The van der Waals surface area contributed by atoms with E-state index in [0.717, 1.165) is 18.8 Å². The Kier molecular flexibility index (Phi) is 3.79. The zero-order valence-electron chi connectivity index (χ0n) is 11.9. The Hall–Kier alpha value is -1.73. The van der Waals surface area contributed by atoms with Crippen LogP contribution in [-0.2, 0) is 0 Å². The van der Waals surface area contributed by atoms with Gasteiger partial charge in [-0.1, -0.05) is 6.42 Å². The largest absolute Gasteiger partial charge is 0.399 e. The fourth-order valence-electron chi connectivity index (χ4n) is 3.46. The molecule has 2 N–H and O–H groups in total. The summed E-state index contributed by atoms with van der Waals surface area (Å²) in [5.41, 5.74) is 8.17. The van der Waals surface area contributed by atoms with Crippen molar-refractivity contribution in [2.75, 3.05) is 36.8 Å². The van der Waals surface area contributed by atoms with Crippen LogP contribution in [0.25, 0.3) is 0 Å². The number of nitriles is 1. The van der Waals surface area contributed by atoms with Gasteiger partial charge in [-0.3, -0.25) is 4.90 Å². The standard InChI is InChI=1S/C16H22N4/c17-11-13-10-14(18)4-5-16(13)20-9-6-15(12-20)19-7-2-1-3-8-19/h4-5,10,15H,1-3,6-9,12,18H2. The van der Waals surface area contributed by atoms with Gasteiger partial charge >= 0.3 is 0 Å². The summed E-state index contributed by atoms with van der Waals surface area (Å²) in [7, 11) is 0. The predicted octanol–water partition coefficient (Wildman–Crippen LogP) is 2.21. The SMILES string of the molecule is N#Cc1cc(N)ccc1N1CCC(N2CCCCC2)C1. The van der Waals surface area contributed by atoms with Crippen molar-refractivity contribution in [1.29, 1.82) is 5.26 Å². The van der Waals surface area contributed by atoms with Crippen molar-refractivity contribution in [3.8, 4) is 6.07 Å². The number of benzene rings is 1. The van der Waals surface area contributed by atoms with Gasteiger partial charge in [-0.2, -0.15) is 5.26 Å². The van der Waals surface area contributed by atoms with Crippen LogP contribution < -0.4 is 10.6 Å². The van der Waals surface area contributed by atoms with Crippen molar-refractivity contribution >= 4 is 11.4 Å². The van der Waals surface area contributed by atoms with Crippen LogP contribution in [0.1, 0.15) is 31.2 Å². The van der Waals surface area contributed by atoms with Gasteiger partial charge in [0.2, 0.25) is 0 Å². The van der Waals surface area contributed by atoms with Gasteiger partial charge < -0.3 is 10.6 Å². The van der Waals surface area contributed by atoms with Crippen LogP contribution in [0.5, 0.6) is 0 Å². The lowest BCUT2D eigenvalue weighted by atomic mass is 10.1. The van der Waals surface area contributed by atoms with Crippen LogP contribution in [0.15, 0.2) is 18.2 Å². The number of piperidine rings is 1. The number of nitrogen functional groups attached to an aromatic ring is 1. The van der Waals surface area contributed by atoms with Crippen molar-refractivity contribution in [1.82, 2.24) is 4.90 Å². The Labute approximate surface area is 120 Å². The Balaban J connectivity index is 1.72. The first-order valence-electron chi connectivity index (χ1n) is 7.56. The van der Waals surface area contributed by atoms with Crippen molar-refractivity contribution in [3.05, 3.63) is 23.8 Å². The molecule has 106 valence electrons. The minimum Gasteiger partial charge on any atom is -0.399 e. The lowest BCUT2D eigenvalue weighted by molar-refractivity contribution is 0.175. The predicted molar refractivity (Wildman–Crippen MR) is 81.6 cm³/mol. The fourth-order valence-corrected chi connectivity index (χ4v) is 3.46. The van der Waals surface area contributed by atoms with E-state index in [-0.39, 0.29) is 0 Å². The molecule has 3 rings (SSSR count). The van der Waals surface area contributed by atoms with E-state index in [0.29, 0.717) is 17.3 Å². The second-order valence-electron chi connectivity index (χ2n) is 5.87. The highest BCUT2D eigenvalue weighted by molar-refractivity contribution is 5.64. The van der Waals surface area contributed by atoms with Gasteiger partial charge in [0, 0.05) is 24.8 Å². The summed E-state index contributed by atoms with van der Waals surface area (Å²) >= 11 is 0. The van der Waals surface area contributed by atoms with E-state index < -0.39 is 0 Å². The minimum atomic E-state index is 0.652. The van der Waals surface area contributed by atoms with Crippen LogP contribution in [0.2, 0.25) is 0 Å². The molecule has 2 fully saturated rings. The molecule has 0 aliphatic carbocycles. The molecule has 20 heavy (non-hydrogen) atoms. The first-order chi connectivity index (χ1) is 9.78. The smallest absolute Gasteiger partial charge is 0.101 e. The minimum absolute atomic E-state index is 0.652. The number of hydrogen-bond acceptors (Lipinski definition) is 4. The average molecular weight is 270 g/mol. The van der Waals surface area contributed by atoms with Gasteiger partial charge in [0.15, 0.2) is 0 Å². The van der Waals surface area contributed by atoms with E-state index in [1.54, 1.807) is 6.07 Å². The zero-order valence-corrected chi connectivity index (χ0v) is 11.9. The molecule has 2 heterocycles. The second-order valence-corrected chi connectivity index (χ2v) is 5.87. The molecule has 0 aromatic heterocycles. The van der Waals surface area contributed by atoms with E-state index in [4.69, 9.17) is 5.73 Å². The summed E-state index contributed by atoms with van der Waals surface area (Å²) in [6, 6.07) is 8.59. The van der Waals surface area contributed by atoms with E-state index >= 15 is 0 Å². The highest BCUT2D eigenvalue weighted by Crippen LogP contribution is 2.28. The average Bonchev–Trinajstić information content (AvgIpc) is 2.97. The molecule has 0 radical (unpaired) electrons. The molecule has 1 aromatic rings. The fraction of sp³-hybridized carbons (Fsp3) is 0.562. The maximum Gasteiger partial charge on any atom is 0.101 e. The van der Waals surface area contributed by atoms with Crippen LogP contribution >= 0.6 is 0 Å². The van der Waals surface area contributed by atoms with Gasteiger partial charge in [0.05, 0.1) is 11.3 Å². The monoisotopic (exact) mass is 270 g/mol. The third-order valence-electron chi connectivity index (χ3n) is 4.55. The Morgan fingerprint density at radius 1 is 1.15 bits per heavy atom.